The number of amides is 1. The van der Waals surface area contributed by atoms with Crippen molar-refractivity contribution in [2.24, 2.45) is 0 Å². The van der Waals surface area contributed by atoms with Crippen LogP contribution in [0.25, 0.3) is 0 Å². The average molecular weight is 543 g/mol. The summed E-state index contributed by atoms with van der Waals surface area (Å²) in [6, 6.07) is 16.1. The summed E-state index contributed by atoms with van der Waals surface area (Å²) < 4.78 is 28.3. The first-order valence-electron chi connectivity index (χ1n) is 11.8. The van der Waals surface area contributed by atoms with Crippen LogP contribution in [0, 0.1) is 0 Å². The molecule has 3 aromatic rings. The third kappa shape index (κ3) is 5.44. The molecule has 0 aliphatic carbocycles. The predicted octanol–water partition coefficient (Wildman–Crippen LogP) is 6.05. The van der Waals surface area contributed by atoms with Crippen LogP contribution in [0.1, 0.15) is 48.4 Å². The fourth-order valence-electron chi connectivity index (χ4n) is 4.50. The number of carbonyl (C=O) groups excluding carboxylic acids is 1. The Hall–Kier alpha value is -2.45. The summed E-state index contributed by atoms with van der Waals surface area (Å²) in [5.74, 6) is -0.247. The molecule has 8 heteroatoms. The van der Waals surface area contributed by atoms with Crippen molar-refractivity contribution >= 4 is 38.9 Å². The van der Waals surface area contributed by atoms with Crippen molar-refractivity contribution in [1.82, 2.24) is 9.21 Å². The molecule has 0 N–H and O–H groups in total. The smallest absolute Gasteiger partial charge is 0.243 e. The summed E-state index contributed by atoms with van der Waals surface area (Å²) in [6.07, 6.45) is 2.25. The van der Waals surface area contributed by atoms with Gasteiger partial charge in [0.25, 0.3) is 0 Å². The van der Waals surface area contributed by atoms with Gasteiger partial charge < -0.3 is 4.90 Å². The second-order valence-electron chi connectivity index (χ2n) is 9.95. The SMILES string of the molecule is C=CCN(CC(=O)N1CCc2sccc2C1c1ccc(Cl)cc1)S(=O)(=O)c1ccc(C(C)(C)C)cc1. The van der Waals surface area contributed by atoms with E-state index in [1.807, 2.05) is 47.8 Å². The summed E-state index contributed by atoms with van der Waals surface area (Å²) in [5, 5.41) is 2.66. The maximum Gasteiger partial charge on any atom is 0.243 e. The Kier molecular flexibility index (Phi) is 7.76. The zero-order valence-corrected chi connectivity index (χ0v) is 23.2. The van der Waals surface area contributed by atoms with Crippen molar-refractivity contribution in [2.45, 2.75) is 43.5 Å². The van der Waals surface area contributed by atoms with Crippen molar-refractivity contribution < 1.29 is 13.2 Å². The number of benzene rings is 2. The summed E-state index contributed by atoms with van der Waals surface area (Å²) in [4.78, 5) is 16.9. The number of hydrogen-bond donors (Lipinski definition) is 0. The molecule has 0 fully saturated rings. The zero-order chi connectivity index (χ0) is 26.1. The maximum atomic E-state index is 13.7. The van der Waals surface area contributed by atoms with Crippen LogP contribution in [-0.4, -0.2) is 43.2 Å². The Morgan fingerprint density at radius 3 is 2.42 bits per heavy atom. The standard InChI is InChI=1S/C28H31ClN2O3S2/c1-5-16-30(36(33,34)23-12-8-21(9-13-23)28(2,3)4)19-26(32)31-17-14-25-24(15-18-35-25)27(31)20-6-10-22(29)11-7-20/h5-13,15,18,27H,1,14,16-17,19H2,2-4H3. The highest BCUT2D eigenvalue weighted by Gasteiger charge is 2.35. The van der Waals surface area contributed by atoms with Gasteiger partial charge in [-0.3, -0.25) is 4.79 Å². The molecule has 1 atom stereocenters. The molecule has 1 unspecified atom stereocenters. The van der Waals surface area contributed by atoms with Crippen LogP contribution in [0.3, 0.4) is 0 Å². The molecule has 0 spiro atoms. The average Bonchev–Trinajstić information content (AvgIpc) is 3.32. The van der Waals surface area contributed by atoms with Crippen molar-refractivity contribution in [2.75, 3.05) is 19.6 Å². The first kappa shape index (κ1) is 26.6. The molecule has 0 saturated carbocycles. The second-order valence-corrected chi connectivity index (χ2v) is 13.3. The second kappa shape index (κ2) is 10.5. The summed E-state index contributed by atoms with van der Waals surface area (Å²) >= 11 is 7.80. The van der Waals surface area contributed by atoms with E-state index in [1.165, 1.54) is 15.3 Å². The van der Waals surface area contributed by atoms with Crippen LogP contribution in [0.2, 0.25) is 5.02 Å². The van der Waals surface area contributed by atoms with E-state index in [0.717, 1.165) is 23.1 Å². The lowest BCUT2D eigenvalue weighted by Crippen LogP contribution is -2.46. The minimum Gasteiger partial charge on any atom is -0.330 e. The summed E-state index contributed by atoms with van der Waals surface area (Å²) in [7, 11) is -3.90. The lowest BCUT2D eigenvalue weighted by atomic mass is 9.87. The molecular weight excluding hydrogens is 512 g/mol. The molecule has 2 aromatic carbocycles. The van der Waals surface area contributed by atoms with Crippen LogP contribution >= 0.6 is 22.9 Å². The van der Waals surface area contributed by atoms with Crippen molar-refractivity contribution in [1.29, 1.82) is 0 Å². The van der Waals surface area contributed by atoms with Crippen LogP contribution in [-0.2, 0) is 26.7 Å². The van der Waals surface area contributed by atoms with Crippen LogP contribution in [0.5, 0.6) is 0 Å². The van der Waals surface area contributed by atoms with Crippen LogP contribution in [0.15, 0.2) is 77.5 Å². The topological polar surface area (TPSA) is 57.7 Å². The summed E-state index contributed by atoms with van der Waals surface area (Å²) in [5.41, 5.74) is 2.98. The van der Waals surface area contributed by atoms with Crippen molar-refractivity contribution in [3.05, 3.63) is 99.2 Å². The molecule has 0 saturated heterocycles. The molecule has 2 heterocycles. The van der Waals surface area contributed by atoms with Gasteiger partial charge in [0.1, 0.15) is 0 Å². The van der Waals surface area contributed by atoms with Gasteiger partial charge in [0.15, 0.2) is 0 Å². The number of hydrogen-bond acceptors (Lipinski definition) is 4. The molecule has 190 valence electrons. The highest BCUT2D eigenvalue weighted by atomic mass is 35.5. The fraction of sp³-hybridized carbons (Fsp3) is 0.321. The highest BCUT2D eigenvalue weighted by molar-refractivity contribution is 7.89. The third-order valence-electron chi connectivity index (χ3n) is 6.47. The van der Waals surface area contributed by atoms with Gasteiger partial charge in [-0.05, 0) is 64.2 Å². The molecular formula is C28H31ClN2O3S2. The van der Waals surface area contributed by atoms with Gasteiger partial charge >= 0.3 is 0 Å². The van der Waals surface area contributed by atoms with Gasteiger partial charge in [0, 0.05) is 23.0 Å². The van der Waals surface area contributed by atoms with E-state index in [-0.39, 0.29) is 35.3 Å². The highest BCUT2D eigenvalue weighted by Crippen LogP contribution is 2.38. The number of thiophene rings is 1. The first-order valence-corrected chi connectivity index (χ1v) is 14.5. The van der Waals surface area contributed by atoms with Crippen molar-refractivity contribution in [3.8, 4) is 0 Å². The van der Waals surface area contributed by atoms with Gasteiger partial charge in [-0.15, -0.1) is 17.9 Å². The largest absolute Gasteiger partial charge is 0.330 e. The minimum absolute atomic E-state index is 0.0399. The number of carbonyl (C=O) groups is 1. The van der Waals surface area contributed by atoms with E-state index in [1.54, 1.807) is 28.4 Å². The van der Waals surface area contributed by atoms with Crippen LogP contribution < -0.4 is 0 Å². The molecule has 1 amide bonds. The van der Waals surface area contributed by atoms with E-state index in [0.29, 0.717) is 11.6 Å². The molecule has 5 nitrogen and oxygen atoms in total. The van der Waals surface area contributed by atoms with Gasteiger partial charge in [-0.1, -0.05) is 62.7 Å². The van der Waals surface area contributed by atoms with Gasteiger partial charge in [-0.25, -0.2) is 8.42 Å². The van der Waals surface area contributed by atoms with E-state index in [9.17, 15) is 13.2 Å². The number of nitrogens with zero attached hydrogens (tertiary/aromatic N) is 2. The number of fused-ring (bicyclic) bond motifs is 1. The lowest BCUT2D eigenvalue weighted by molar-refractivity contribution is -0.133. The van der Waals surface area contributed by atoms with E-state index >= 15 is 0 Å². The molecule has 1 aromatic heterocycles. The number of halogens is 1. The summed E-state index contributed by atoms with van der Waals surface area (Å²) in [6.45, 7) is 10.2. The Labute approximate surface area is 223 Å². The van der Waals surface area contributed by atoms with Gasteiger partial charge in [-0.2, -0.15) is 4.31 Å². The predicted molar refractivity (Wildman–Crippen MR) is 147 cm³/mol. The van der Waals surface area contributed by atoms with Gasteiger partial charge in [0.2, 0.25) is 15.9 Å². The Balaban J connectivity index is 1.63. The molecule has 36 heavy (non-hydrogen) atoms. The normalized spacial score (nSPS) is 16.1. The molecule has 4 rings (SSSR count). The van der Waals surface area contributed by atoms with Crippen LogP contribution in [0.4, 0.5) is 0 Å². The van der Waals surface area contributed by atoms with Gasteiger partial charge in [0.05, 0.1) is 17.5 Å². The Bertz CT molecular complexity index is 1340. The Morgan fingerprint density at radius 1 is 1.14 bits per heavy atom. The quantitative estimate of drug-likeness (QED) is 0.341. The molecule has 0 radical (unpaired) electrons. The Morgan fingerprint density at radius 2 is 1.81 bits per heavy atom. The third-order valence-corrected chi connectivity index (χ3v) is 9.55. The molecule has 1 aliphatic heterocycles. The molecule has 1 aliphatic rings. The van der Waals surface area contributed by atoms with E-state index in [4.69, 9.17) is 11.6 Å². The maximum absolute atomic E-state index is 13.7. The minimum atomic E-state index is -3.90. The number of sulfonamides is 1. The molecule has 0 bridgehead atoms. The zero-order valence-electron chi connectivity index (χ0n) is 20.8. The monoisotopic (exact) mass is 542 g/mol. The van der Waals surface area contributed by atoms with E-state index in [2.05, 4.69) is 27.4 Å². The number of rotatable bonds is 7. The van der Waals surface area contributed by atoms with Crippen molar-refractivity contribution in [3.63, 3.8) is 0 Å². The first-order chi connectivity index (χ1) is 17.0. The lowest BCUT2D eigenvalue weighted by Gasteiger charge is -2.37. The van der Waals surface area contributed by atoms with E-state index < -0.39 is 10.0 Å². The fourth-order valence-corrected chi connectivity index (χ4v) is 6.89.